The van der Waals surface area contributed by atoms with Crippen LogP contribution in [0.5, 0.6) is 0 Å². The fourth-order valence-corrected chi connectivity index (χ4v) is 8.33. The minimum Gasteiger partial charge on any atom is -0.376 e. The van der Waals surface area contributed by atoms with Gasteiger partial charge in [-0.05, 0) is 19.8 Å². The molecule has 0 aromatic heterocycles. The van der Waals surface area contributed by atoms with Crippen molar-refractivity contribution in [1.29, 1.82) is 0 Å². The SMILES string of the molecule is C=C(C)C(=O)N(C(CC)[Si](OC)(OC)OC)C(CC)[Si](OC)(OC)OC. The molecule has 0 heterocycles. The zero-order valence-electron chi connectivity index (χ0n) is 17.6. The van der Waals surface area contributed by atoms with Gasteiger partial charge in [0.1, 0.15) is 11.3 Å². The number of hydrogen-bond donors (Lipinski definition) is 0. The third-order valence-electron chi connectivity index (χ3n) is 4.57. The first-order chi connectivity index (χ1) is 12.2. The molecule has 2 unspecified atom stereocenters. The Hall–Kier alpha value is -0.596. The van der Waals surface area contributed by atoms with Crippen LogP contribution in [-0.4, -0.2) is 82.4 Å². The van der Waals surface area contributed by atoms with Crippen molar-refractivity contribution in [1.82, 2.24) is 4.90 Å². The minimum absolute atomic E-state index is 0.241. The standard InChI is InChI=1S/C16H35NO7Si2/c1-11-14(25(19-5,20-6)21-7)17(16(18)13(3)4)15(12-2)26(22-8,23-9)24-10/h14-15H,3,11-12H2,1-2,4-10H3. The summed E-state index contributed by atoms with van der Waals surface area (Å²) in [5.74, 6) is -0.241. The van der Waals surface area contributed by atoms with Crippen molar-refractivity contribution in [3.05, 3.63) is 12.2 Å². The predicted molar refractivity (Wildman–Crippen MR) is 103 cm³/mol. The molecular weight excluding hydrogens is 374 g/mol. The van der Waals surface area contributed by atoms with E-state index in [2.05, 4.69) is 6.58 Å². The summed E-state index contributed by atoms with van der Waals surface area (Å²) >= 11 is 0. The Balaban J connectivity index is 6.52. The maximum Gasteiger partial charge on any atom is 0.523 e. The second-order valence-corrected chi connectivity index (χ2v) is 12.0. The Morgan fingerprint density at radius 2 is 1.08 bits per heavy atom. The topological polar surface area (TPSA) is 75.7 Å². The van der Waals surface area contributed by atoms with Gasteiger partial charge < -0.3 is 31.5 Å². The van der Waals surface area contributed by atoms with Gasteiger partial charge in [-0.15, -0.1) is 0 Å². The molecule has 26 heavy (non-hydrogen) atoms. The van der Waals surface area contributed by atoms with E-state index in [4.69, 9.17) is 26.6 Å². The Morgan fingerprint density at radius 3 is 1.23 bits per heavy atom. The molecule has 1 amide bonds. The molecule has 0 aliphatic carbocycles. The van der Waals surface area contributed by atoms with Crippen LogP contribution >= 0.6 is 0 Å². The van der Waals surface area contributed by atoms with Crippen LogP contribution in [-0.2, 0) is 31.4 Å². The summed E-state index contributed by atoms with van der Waals surface area (Å²) in [6.07, 6.45) is 1.11. The lowest BCUT2D eigenvalue weighted by molar-refractivity contribution is -0.132. The van der Waals surface area contributed by atoms with Crippen molar-refractivity contribution in [3.63, 3.8) is 0 Å². The van der Waals surface area contributed by atoms with Gasteiger partial charge in [0.15, 0.2) is 0 Å². The molecule has 0 fully saturated rings. The van der Waals surface area contributed by atoms with Crippen LogP contribution in [0.1, 0.15) is 33.6 Å². The van der Waals surface area contributed by atoms with E-state index in [-0.39, 0.29) is 5.91 Å². The molecule has 10 heteroatoms. The fraction of sp³-hybridized carbons (Fsp3) is 0.812. The Kier molecular flexibility index (Phi) is 11.0. The number of carbonyl (C=O) groups excluding carboxylic acids is 1. The Labute approximate surface area is 160 Å². The summed E-state index contributed by atoms with van der Waals surface area (Å²) in [6.45, 7) is 9.39. The van der Waals surface area contributed by atoms with Crippen molar-refractivity contribution < 1.29 is 31.4 Å². The van der Waals surface area contributed by atoms with Crippen LogP contribution in [0, 0.1) is 0 Å². The normalized spacial score (nSPS) is 14.8. The highest BCUT2D eigenvalue weighted by Gasteiger charge is 2.58. The zero-order chi connectivity index (χ0) is 20.5. The third-order valence-corrected chi connectivity index (χ3v) is 11.0. The Morgan fingerprint density at radius 1 is 0.808 bits per heavy atom. The molecule has 0 bridgehead atoms. The van der Waals surface area contributed by atoms with Crippen LogP contribution in [0.15, 0.2) is 12.2 Å². The van der Waals surface area contributed by atoms with Crippen LogP contribution in [0.25, 0.3) is 0 Å². The van der Waals surface area contributed by atoms with Gasteiger partial charge in [-0.25, -0.2) is 0 Å². The fourth-order valence-electron chi connectivity index (χ4n) is 3.27. The summed E-state index contributed by atoms with van der Waals surface area (Å²) in [7, 11) is 2.78. The summed E-state index contributed by atoms with van der Waals surface area (Å²) in [6, 6.07) is 0. The maximum atomic E-state index is 13.2. The molecule has 0 spiro atoms. The van der Waals surface area contributed by atoms with Gasteiger partial charge in [0.25, 0.3) is 0 Å². The smallest absolute Gasteiger partial charge is 0.376 e. The molecule has 0 rings (SSSR count). The van der Waals surface area contributed by atoms with E-state index in [0.717, 1.165) is 0 Å². The van der Waals surface area contributed by atoms with Gasteiger partial charge in [0.2, 0.25) is 5.91 Å². The quantitative estimate of drug-likeness (QED) is 0.339. The summed E-state index contributed by atoms with van der Waals surface area (Å²) in [5, 5.41) is 0. The monoisotopic (exact) mass is 409 g/mol. The third kappa shape index (κ3) is 4.81. The minimum atomic E-state index is -3.20. The van der Waals surface area contributed by atoms with E-state index < -0.39 is 28.9 Å². The van der Waals surface area contributed by atoms with Crippen LogP contribution in [0.2, 0.25) is 0 Å². The highest BCUT2D eigenvalue weighted by Crippen LogP contribution is 2.30. The lowest BCUT2D eigenvalue weighted by Crippen LogP contribution is -2.71. The van der Waals surface area contributed by atoms with E-state index in [0.29, 0.717) is 18.4 Å². The molecule has 0 aliphatic heterocycles. The first-order valence-electron chi connectivity index (χ1n) is 8.53. The van der Waals surface area contributed by atoms with Crippen molar-refractivity contribution in [2.45, 2.75) is 44.9 Å². The van der Waals surface area contributed by atoms with Gasteiger partial charge in [-0.1, -0.05) is 20.4 Å². The molecule has 154 valence electrons. The number of hydrogen-bond acceptors (Lipinski definition) is 7. The Bertz CT molecular complexity index is 411. The van der Waals surface area contributed by atoms with Crippen molar-refractivity contribution in [3.8, 4) is 0 Å². The average molecular weight is 410 g/mol. The zero-order valence-corrected chi connectivity index (χ0v) is 19.6. The van der Waals surface area contributed by atoms with E-state index in [1.807, 2.05) is 13.8 Å². The lowest BCUT2D eigenvalue weighted by atomic mass is 10.2. The van der Waals surface area contributed by atoms with Crippen LogP contribution in [0.3, 0.4) is 0 Å². The van der Waals surface area contributed by atoms with E-state index >= 15 is 0 Å². The van der Waals surface area contributed by atoms with Crippen molar-refractivity contribution in [2.24, 2.45) is 0 Å². The van der Waals surface area contributed by atoms with Crippen LogP contribution in [0.4, 0.5) is 0 Å². The van der Waals surface area contributed by atoms with Gasteiger partial charge >= 0.3 is 17.6 Å². The summed E-state index contributed by atoms with van der Waals surface area (Å²) in [5.41, 5.74) is -0.521. The van der Waals surface area contributed by atoms with E-state index in [1.165, 1.54) is 42.7 Å². The molecule has 8 nitrogen and oxygen atoms in total. The first-order valence-corrected chi connectivity index (χ1v) is 12.1. The number of nitrogens with zero attached hydrogens (tertiary/aromatic N) is 1. The second kappa shape index (κ2) is 11.3. The van der Waals surface area contributed by atoms with Crippen molar-refractivity contribution in [2.75, 3.05) is 42.7 Å². The molecule has 0 aromatic rings. The highest BCUT2D eigenvalue weighted by molar-refractivity contribution is 6.64. The van der Waals surface area contributed by atoms with E-state index in [1.54, 1.807) is 11.8 Å². The molecule has 0 aliphatic rings. The molecule has 0 saturated carbocycles. The number of rotatable bonds is 13. The molecule has 0 N–H and O–H groups in total. The molecular formula is C16H35NO7Si2. The van der Waals surface area contributed by atoms with Gasteiger partial charge in [-0.2, -0.15) is 0 Å². The average Bonchev–Trinajstić information content (AvgIpc) is 2.67. The summed E-state index contributed by atoms with van der Waals surface area (Å²) < 4.78 is 34.0. The lowest BCUT2D eigenvalue weighted by Gasteiger charge is -2.46. The summed E-state index contributed by atoms with van der Waals surface area (Å²) in [4.78, 5) is 14.8. The van der Waals surface area contributed by atoms with E-state index in [9.17, 15) is 4.79 Å². The molecule has 0 saturated heterocycles. The largest absolute Gasteiger partial charge is 0.523 e. The van der Waals surface area contributed by atoms with Gasteiger partial charge in [0.05, 0.1) is 0 Å². The highest BCUT2D eigenvalue weighted by atomic mass is 28.4. The molecule has 0 aromatic carbocycles. The maximum absolute atomic E-state index is 13.2. The predicted octanol–water partition coefficient (Wildman–Crippen LogP) is 1.78. The van der Waals surface area contributed by atoms with Gasteiger partial charge in [0, 0.05) is 48.2 Å². The molecule has 0 radical (unpaired) electrons. The first kappa shape index (κ1) is 25.4. The second-order valence-electron chi connectivity index (χ2n) is 5.77. The number of carbonyl (C=O) groups is 1. The van der Waals surface area contributed by atoms with Crippen LogP contribution < -0.4 is 0 Å². The molecule has 2 atom stereocenters. The number of amides is 1. The van der Waals surface area contributed by atoms with Crippen molar-refractivity contribution >= 4 is 23.5 Å². The van der Waals surface area contributed by atoms with Gasteiger partial charge in [-0.3, -0.25) is 4.79 Å².